The van der Waals surface area contributed by atoms with Gasteiger partial charge in [-0.2, -0.15) is 8.75 Å². The first-order valence-corrected chi connectivity index (χ1v) is 10.2. The van der Waals surface area contributed by atoms with E-state index in [1.54, 1.807) is 18.2 Å². The van der Waals surface area contributed by atoms with E-state index in [1.165, 1.54) is 32.4 Å². The molecule has 0 fully saturated rings. The van der Waals surface area contributed by atoms with Crippen LogP contribution < -0.4 is 4.72 Å². The fraction of sp³-hybridized carbons (Fsp3) is 0.133. The van der Waals surface area contributed by atoms with Crippen LogP contribution in [0.4, 0.5) is 5.69 Å². The van der Waals surface area contributed by atoms with Crippen molar-refractivity contribution in [2.24, 2.45) is 0 Å². The van der Waals surface area contributed by atoms with Gasteiger partial charge in [-0.15, -0.1) is 0 Å². The lowest BCUT2D eigenvalue weighted by Gasteiger charge is -2.17. The molecule has 8 nitrogen and oxygen atoms in total. The van der Waals surface area contributed by atoms with Crippen molar-refractivity contribution < 1.29 is 18.0 Å². The number of halogens is 1. The first kappa shape index (κ1) is 18.7. The molecular formula is C15H13BrN4O4S2. The second-order valence-corrected chi connectivity index (χ2v) is 8.26. The molecule has 11 heteroatoms. The number of nitrogens with zero attached hydrogens (tertiary/aromatic N) is 3. The van der Waals surface area contributed by atoms with Gasteiger partial charge in [0.25, 0.3) is 15.9 Å². The van der Waals surface area contributed by atoms with Crippen LogP contribution in [0.1, 0.15) is 10.4 Å². The maximum Gasteiger partial charge on any atom is 0.279 e. The highest BCUT2D eigenvalue weighted by Gasteiger charge is 2.23. The molecule has 3 rings (SSSR count). The summed E-state index contributed by atoms with van der Waals surface area (Å²) in [5.41, 5.74) is 1.03. The molecule has 0 saturated heterocycles. The van der Waals surface area contributed by atoms with Gasteiger partial charge in [-0.25, -0.2) is 13.5 Å². The first-order chi connectivity index (χ1) is 12.3. The molecule has 0 unspecified atom stereocenters. The summed E-state index contributed by atoms with van der Waals surface area (Å²) in [7, 11) is -1.21. The standard InChI is InChI=1S/C15H13BrN4O4S2/c1-20(24-2)15(21)10-7-6-9(16)8-12(10)19-26(22,23)13-5-3-4-11-14(13)18-25-17-11/h3-8,19H,1-2H3. The number of amides is 1. The molecule has 1 N–H and O–H groups in total. The summed E-state index contributed by atoms with van der Waals surface area (Å²) in [5.74, 6) is -0.494. The smallest absolute Gasteiger partial charge is 0.279 e. The highest BCUT2D eigenvalue weighted by molar-refractivity contribution is 9.10. The first-order valence-electron chi connectivity index (χ1n) is 7.19. The van der Waals surface area contributed by atoms with Crippen LogP contribution in [0.2, 0.25) is 0 Å². The Labute approximate surface area is 162 Å². The minimum Gasteiger partial charge on any atom is -0.279 e. The molecule has 1 amide bonds. The lowest BCUT2D eigenvalue weighted by molar-refractivity contribution is -0.0756. The lowest BCUT2D eigenvalue weighted by atomic mass is 10.2. The number of carbonyl (C=O) groups excluding carboxylic acids is 1. The molecule has 136 valence electrons. The number of anilines is 1. The van der Waals surface area contributed by atoms with Crippen molar-refractivity contribution >= 4 is 60.3 Å². The Hall–Kier alpha value is -2.08. The van der Waals surface area contributed by atoms with Gasteiger partial charge in [0.05, 0.1) is 30.1 Å². The molecule has 3 aromatic rings. The second kappa shape index (κ2) is 7.27. The summed E-state index contributed by atoms with van der Waals surface area (Å²) in [6.45, 7) is 0. The third kappa shape index (κ3) is 3.56. The molecule has 0 spiro atoms. The number of rotatable bonds is 5. The van der Waals surface area contributed by atoms with Crippen LogP contribution in [-0.4, -0.2) is 42.3 Å². The van der Waals surface area contributed by atoms with E-state index in [-0.39, 0.29) is 21.7 Å². The molecule has 1 heterocycles. The van der Waals surface area contributed by atoms with Crippen LogP contribution in [-0.2, 0) is 14.9 Å². The van der Waals surface area contributed by atoms with E-state index >= 15 is 0 Å². The van der Waals surface area contributed by atoms with E-state index in [4.69, 9.17) is 4.84 Å². The van der Waals surface area contributed by atoms with Crippen molar-refractivity contribution in [3.05, 3.63) is 46.4 Å². The molecule has 0 aliphatic heterocycles. The third-order valence-corrected chi connectivity index (χ3v) is 5.99. The Bertz CT molecular complexity index is 1080. The topological polar surface area (TPSA) is 101 Å². The summed E-state index contributed by atoms with van der Waals surface area (Å²) < 4.78 is 37.0. The summed E-state index contributed by atoms with van der Waals surface area (Å²) in [4.78, 5) is 17.3. The molecular weight excluding hydrogens is 444 g/mol. The van der Waals surface area contributed by atoms with Crippen LogP contribution >= 0.6 is 27.7 Å². The Morgan fingerprint density at radius 3 is 2.77 bits per heavy atom. The maximum absolute atomic E-state index is 12.9. The molecule has 0 aliphatic rings. The van der Waals surface area contributed by atoms with Crippen molar-refractivity contribution in [3.8, 4) is 0 Å². The van der Waals surface area contributed by atoms with Crippen molar-refractivity contribution in [1.29, 1.82) is 0 Å². The Morgan fingerprint density at radius 1 is 1.27 bits per heavy atom. The molecule has 0 radical (unpaired) electrons. The zero-order valence-corrected chi connectivity index (χ0v) is 16.9. The lowest BCUT2D eigenvalue weighted by Crippen LogP contribution is -2.27. The van der Waals surface area contributed by atoms with Crippen LogP contribution in [0, 0.1) is 0 Å². The van der Waals surface area contributed by atoms with Gasteiger partial charge in [-0.05, 0) is 30.3 Å². The van der Waals surface area contributed by atoms with Crippen LogP contribution in [0.3, 0.4) is 0 Å². The number of nitrogens with one attached hydrogen (secondary N) is 1. The van der Waals surface area contributed by atoms with Gasteiger partial charge < -0.3 is 0 Å². The number of hydroxylamine groups is 2. The third-order valence-electron chi connectivity index (χ3n) is 3.55. The van der Waals surface area contributed by atoms with Gasteiger partial charge in [0.1, 0.15) is 15.9 Å². The minimum absolute atomic E-state index is 0.0118. The van der Waals surface area contributed by atoms with Gasteiger partial charge in [-0.3, -0.25) is 14.4 Å². The number of benzene rings is 2. The quantitative estimate of drug-likeness (QED) is 0.592. The Morgan fingerprint density at radius 2 is 2.04 bits per heavy atom. The van der Waals surface area contributed by atoms with Crippen molar-refractivity contribution in [1.82, 2.24) is 13.8 Å². The number of sulfonamides is 1. The van der Waals surface area contributed by atoms with E-state index < -0.39 is 15.9 Å². The highest BCUT2D eigenvalue weighted by atomic mass is 79.9. The normalized spacial score (nSPS) is 11.5. The number of hydrogen-bond donors (Lipinski definition) is 1. The number of fused-ring (bicyclic) bond motifs is 1. The van der Waals surface area contributed by atoms with Gasteiger partial charge in [-0.1, -0.05) is 22.0 Å². The van der Waals surface area contributed by atoms with Crippen molar-refractivity contribution in [2.45, 2.75) is 4.90 Å². The predicted molar refractivity (Wildman–Crippen MR) is 101 cm³/mol. The minimum atomic E-state index is -3.99. The van der Waals surface area contributed by atoms with Crippen LogP contribution in [0.15, 0.2) is 45.8 Å². The van der Waals surface area contributed by atoms with Gasteiger partial charge in [0.15, 0.2) is 0 Å². The van der Waals surface area contributed by atoms with Crippen LogP contribution in [0.5, 0.6) is 0 Å². The second-order valence-electron chi connectivity index (χ2n) is 5.17. The molecule has 26 heavy (non-hydrogen) atoms. The molecule has 1 aromatic heterocycles. The van der Waals surface area contributed by atoms with Gasteiger partial charge >= 0.3 is 0 Å². The van der Waals surface area contributed by atoms with E-state index in [0.29, 0.717) is 9.99 Å². The SMILES string of the molecule is CON(C)C(=O)c1ccc(Br)cc1NS(=O)(=O)c1cccc2nsnc12. The number of carbonyl (C=O) groups is 1. The molecule has 0 bridgehead atoms. The number of hydrogen-bond acceptors (Lipinski definition) is 7. The van der Waals surface area contributed by atoms with Crippen LogP contribution in [0.25, 0.3) is 11.0 Å². The monoisotopic (exact) mass is 456 g/mol. The van der Waals surface area contributed by atoms with E-state index in [1.807, 2.05) is 0 Å². The Kier molecular flexibility index (Phi) is 5.23. The zero-order valence-electron chi connectivity index (χ0n) is 13.6. The van der Waals surface area contributed by atoms with Crippen molar-refractivity contribution in [2.75, 3.05) is 18.9 Å². The van der Waals surface area contributed by atoms with E-state index in [0.717, 1.165) is 16.8 Å². The fourth-order valence-electron chi connectivity index (χ4n) is 2.24. The van der Waals surface area contributed by atoms with Gasteiger partial charge in [0.2, 0.25) is 0 Å². The summed E-state index contributed by atoms with van der Waals surface area (Å²) in [6.07, 6.45) is 0. The average Bonchev–Trinajstić information content (AvgIpc) is 3.08. The summed E-state index contributed by atoms with van der Waals surface area (Å²) in [5, 5.41) is 1.01. The molecule has 0 saturated carbocycles. The van der Waals surface area contributed by atoms with E-state index in [2.05, 4.69) is 29.4 Å². The summed E-state index contributed by atoms with van der Waals surface area (Å²) >= 11 is 4.22. The number of aromatic nitrogens is 2. The average molecular weight is 457 g/mol. The van der Waals surface area contributed by atoms with Gasteiger partial charge in [0, 0.05) is 11.5 Å². The Balaban J connectivity index is 2.07. The summed E-state index contributed by atoms with van der Waals surface area (Å²) in [6, 6.07) is 9.36. The maximum atomic E-state index is 12.9. The zero-order chi connectivity index (χ0) is 18.9. The predicted octanol–water partition coefficient (Wildman–Crippen LogP) is 2.89. The van der Waals surface area contributed by atoms with Crippen molar-refractivity contribution in [3.63, 3.8) is 0 Å². The highest BCUT2D eigenvalue weighted by Crippen LogP contribution is 2.28. The fourth-order valence-corrected chi connectivity index (χ4v) is 4.44. The van der Waals surface area contributed by atoms with E-state index in [9.17, 15) is 13.2 Å². The molecule has 0 aliphatic carbocycles. The molecule has 2 aromatic carbocycles. The largest absolute Gasteiger partial charge is 0.279 e. The molecule has 0 atom stereocenters.